The third-order valence-corrected chi connectivity index (χ3v) is 7.13. The zero-order valence-electron chi connectivity index (χ0n) is 23.1. The van der Waals surface area contributed by atoms with Crippen LogP contribution in [0.2, 0.25) is 5.02 Å². The second kappa shape index (κ2) is 13.7. The van der Waals surface area contributed by atoms with Crippen LogP contribution in [0.3, 0.4) is 0 Å². The summed E-state index contributed by atoms with van der Waals surface area (Å²) in [5.74, 6) is -3.29. The van der Waals surface area contributed by atoms with E-state index in [-0.39, 0.29) is 44.0 Å². The minimum Gasteiger partial charge on any atom is -0.475 e. The molecule has 3 aromatic carbocycles. The number of hydrogen-bond acceptors (Lipinski definition) is 5. The molecular formula is C31H27ClF3N3O6. The molecule has 0 bridgehead atoms. The number of aliphatic carboxylic acids is 1. The van der Waals surface area contributed by atoms with Gasteiger partial charge in [0.25, 0.3) is 11.8 Å². The summed E-state index contributed by atoms with van der Waals surface area (Å²) in [6.07, 6.45) is -1.15. The predicted molar refractivity (Wildman–Crippen MR) is 155 cm³/mol. The summed E-state index contributed by atoms with van der Waals surface area (Å²) in [5, 5.41) is 17.4. The SMILES string of the molecule is O=C(O)C(F)(F)F.O=C(c1ccc(CN2C(=O)CN(C(=O)c3ccc(Cl)cc3)Cc3ccc(CO)cc32)cc1)N1CC=CC1. The molecule has 0 fully saturated rings. The third-order valence-electron chi connectivity index (χ3n) is 6.88. The second-order valence-corrected chi connectivity index (χ2v) is 10.4. The van der Waals surface area contributed by atoms with Gasteiger partial charge in [0.15, 0.2) is 0 Å². The van der Waals surface area contributed by atoms with Gasteiger partial charge in [0, 0.05) is 41.5 Å². The monoisotopic (exact) mass is 629 g/mol. The van der Waals surface area contributed by atoms with Crippen LogP contribution in [0.1, 0.15) is 37.4 Å². The molecule has 13 heteroatoms. The first-order valence-electron chi connectivity index (χ1n) is 13.3. The molecule has 2 aliphatic heterocycles. The summed E-state index contributed by atoms with van der Waals surface area (Å²) >= 11 is 5.97. The van der Waals surface area contributed by atoms with E-state index in [2.05, 4.69) is 0 Å². The van der Waals surface area contributed by atoms with Gasteiger partial charge in [-0.3, -0.25) is 14.4 Å². The van der Waals surface area contributed by atoms with Crippen LogP contribution in [-0.2, 0) is 29.3 Å². The van der Waals surface area contributed by atoms with Crippen molar-refractivity contribution in [3.8, 4) is 0 Å². The van der Waals surface area contributed by atoms with Gasteiger partial charge in [0.1, 0.15) is 6.54 Å². The molecule has 0 atom stereocenters. The predicted octanol–water partition coefficient (Wildman–Crippen LogP) is 4.67. The van der Waals surface area contributed by atoms with Crippen molar-refractivity contribution in [3.05, 3.63) is 112 Å². The zero-order valence-corrected chi connectivity index (χ0v) is 23.9. The molecule has 0 aromatic heterocycles. The van der Waals surface area contributed by atoms with E-state index >= 15 is 0 Å². The van der Waals surface area contributed by atoms with Crippen molar-refractivity contribution in [2.24, 2.45) is 0 Å². The minimum absolute atomic E-state index is 0.0308. The molecule has 0 saturated carbocycles. The summed E-state index contributed by atoms with van der Waals surface area (Å²) in [5.41, 5.74) is 4.03. The van der Waals surface area contributed by atoms with Crippen LogP contribution in [0.25, 0.3) is 0 Å². The smallest absolute Gasteiger partial charge is 0.475 e. The van der Waals surface area contributed by atoms with E-state index in [1.807, 2.05) is 30.4 Å². The van der Waals surface area contributed by atoms with Crippen molar-refractivity contribution in [3.63, 3.8) is 0 Å². The first-order chi connectivity index (χ1) is 20.9. The summed E-state index contributed by atoms with van der Waals surface area (Å²) < 4.78 is 31.7. The van der Waals surface area contributed by atoms with E-state index in [0.29, 0.717) is 40.5 Å². The second-order valence-electron chi connectivity index (χ2n) is 9.95. The summed E-state index contributed by atoms with van der Waals surface area (Å²) in [6, 6.07) is 19.3. The molecular weight excluding hydrogens is 603 g/mol. The Bertz CT molecular complexity index is 1570. The quantitative estimate of drug-likeness (QED) is 0.396. The van der Waals surface area contributed by atoms with Crippen LogP contribution < -0.4 is 4.90 Å². The van der Waals surface area contributed by atoms with E-state index in [4.69, 9.17) is 21.5 Å². The highest BCUT2D eigenvalue weighted by Gasteiger charge is 2.38. The van der Waals surface area contributed by atoms with Crippen LogP contribution in [0.5, 0.6) is 0 Å². The number of alkyl halides is 3. The van der Waals surface area contributed by atoms with Gasteiger partial charge in [-0.1, -0.05) is 48.0 Å². The first-order valence-corrected chi connectivity index (χ1v) is 13.7. The van der Waals surface area contributed by atoms with E-state index in [0.717, 1.165) is 11.1 Å². The van der Waals surface area contributed by atoms with E-state index < -0.39 is 12.1 Å². The van der Waals surface area contributed by atoms with Crippen molar-refractivity contribution in [2.45, 2.75) is 25.9 Å². The highest BCUT2D eigenvalue weighted by Crippen LogP contribution is 2.30. The molecule has 0 unspecified atom stereocenters. The molecule has 230 valence electrons. The average molecular weight is 630 g/mol. The lowest BCUT2D eigenvalue weighted by Crippen LogP contribution is -2.39. The first kappa shape index (κ1) is 32.2. The summed E-state index contributed by atoms with van der Waals surface area (Å²) in [7, 11) is 0. The molecule has 3 amide bonds. The van der Waals surface area contributed by atoms with Gasteiger partial charge in [0.2, 0.25) is 5.91 Å². The Hall–Kier alpha value is -4.68. The van der Waals surface area contributed by atoms with Crippen molar-refractivity contribution < 1.29 is 42.6 Å². The number of aliphatic hydroxyl groups is 1. The number of rotatable bonds is 5. The lowest BCUT2D eigenvalue weighted by Gasteiger charge is -2.24. The lowest BCUT2D eigenvalue weighted by atomic mass is 10.1. The van der Waals surface area contributed by atoms with Crippen LogP contribution in [-0.4, -0.2) is 69.5 Å². The van der Waals surface area contributed by atoms with Crippen molar-refractivity contribution in [2.75, 3.05) is 24.5 Å². The van der Waals surface area contributed by atoms with Crippen molar-refractivity contribution in [1.29, 1.82) is 0 Å². The van der Waals surface area contributed by atoms with Crippen LogP contribution >= 0.6 is 11.6 Å². The number of fused-ring (bicyclic) bond motifs is 1. The molecule has 44 heavy (non-hydrogen) atoms. The van der Waals surface area contributed by atoms with E-state index in [1.165, 1.54) is 4.90 Å². The van der Waals surface area contributed by atoms with Crippen LogP contribution in [0.4, 0.5) is 18.9 Å². The van der Waals surface area contributed by atoms with Gasteiger partial charge < -0.3 is 24.9 Å². The van der Waals surface area contributed by atoms with Crippen molar-refractivity contribution in [1.82, 2.24) is 9.80 Å². The maximum atomic E-state index is 13.5. The molecule has 0 radical (unpaired) electrons. The maximum Gasteiger partial charge on any atom is 0.490 e. The van der Waals surface area contributed by atoms with Gasteiger partial charge in [0.05, 0.1) is 13.2 Å². The Kier molecular flexibility index (Phi) is 10.1. The van der Waals surface area contributed by atoms with Gasteiger partial charge in [-0.2, -0.15) is 13.2 Å². The standard InChI is InChI=1S/C29H26ClN3O4.C2HF3O2/c30-25-11-9-23(10-12-25)29(37)32-17-24-8-5-21(19-34)15-26(24)33(27(35)18-32)16-20-3-6-22(7-4-20)28(36)31-13-1-2-14-31;3-2(4,5)1(6)7/h1-12,15,34H,13-14,16-19H2;(H,6,7). The number of hydrogen-bond donors (Lipinski definition) is 2. The number of nitrogens with zero attached hydrogens (tertiary/aromatic N) is 3. The highest BCUT2D eigenvalue weighted by atomic mass is 35.5. The molecule has 2 aliphatic rings. The van der Waals surface area contributed by atoms with Crippen LogP contribution in [0, 0.1) is 0 Å². The van der Waals surface area contributed by atoms with Gasteiger partial charge in [-0.15, -0.1) is 0 Å². The fraction of sp³-hybridized carbons (Fsp3) is 0.226. The lowest BCUT2D eigenvalue weighted by molar-refractivity contribution is -0.192. The maximum absolute atomic E-state index is 13.5. The number of benzene rings is 3. The average Bonchev–Trinajstić information content (AvgIpc) is 3.50. The number of aliphatic hydroxyl groups excluding tert-OH is 1. The number of amides is 3. The number of anilines is 1. The topological polar surface area (TPSA) is 118 Å². The normalized spacial score (nSPS) is 14.5. The van der Waals surface area contributed by atoms with Gasteiger partial charge >= 0.3 is 12.1 Å². The molecule has 5 rings (SSSR count). The zero-order chi connectivity index (χ0) is 32.0. The summed E-state index contributed by atoms with van der Waals surface area (Å²) in [6.45, 7) is 1.48. The van der Waals surface area contributed by atoms with Crippen LogP contribution in [0.15, 0.2) is 78.9 Å². The molecule has 2 N–H and O–H groups in total. The Labute approximate surface area is 255 Å². The largest absolute Gasteiger partial charge is 0.490 e. The van der Waals surface area contributed by atoms with E-state index in [9.17, 15) is 32.7 Å². The highest BCUT2D eigenvalue weighted by molar-refractivity contribution is 6.30. The Morgan fingerprint density at radius 1 is 0.795 bits per heavy atom. The Morgan fingerprint density at radius 3 is 1.86 bits per heavy atom. The van der Waals surface area contributed by atoms with Gasteiger partial charge in [-0.25, -0.2) is 4.79 Å². The number of carbonyl (C=O) groups excluding carboxylic acids is 3. The molecule has 0 aliphatic carbocycles. The molecule has 0 spiro atoms. The number of carboxylic acid groups (broad SMARTS) is 1. The number of halogens is 4. The van der Waals surface area contributed by atoms with Crippen molar-refractivity contribution >= 4 is 41.0 Å². The Balaban J connectivity index is 0.000000566. The number of carbonyl (C=O) groups is 4. The summed E-state index contributed by atoms with van der Waals surface area (Å²) in [4.78, 5) is 53.2. The van der Waals surface area contributed by atoms with E-state index in [1.54, 1.807) is 58.3 Å². The minimum atomic E-state index is -5.08. The fourth-order valence-corrected chi connectivity index (χ4v) is 4.72. The number of carboxylic acids is 1. The van der Waals surface area contributed by atoms with Gasteiger partial charge in [-0.05, 0) is 59.2 Å². The fourth-order valence-electron chi connectivity index (χ4n) is 4.59. The Morgan fingerprint density at radius 2 is 1.32 bits per heavy atom. The molecule has 9 nitrogen and oxygen atoms in total. The molecule has 0 saturated heterocycles. The third kappa shape index (κ3) is 7.82. The molecule has 3 aromatic rings. The molecule has 2 heterocycles.